The van der Waals surface area contributed by atoms with Crippen molar-refractivity contribution in [1.82, 2.24) is 4.90 Å². The average molecular weight is 514 g/mol. The van der Waals surface area contributed by atoms with E-state index in [0.717, 1.165) is 24.8 Å². The molecule has 1 heterocycles. The van der Waals surface area contributed by atoms with Gasteiger partial charge in [-0.3, -0.25) is 4.79 Å². The monoisotopic (exact) mass is 513 g/mol. The number of benzene rings is 1. The summed E-state index contributed by atoms with van der Waals surface area (Å²) < 4.78 is 0. The molecule has 2 N–H and O–H groups in total. The van der Waals surface area contributed by atoms with E-state index < -0.39 is 5.97 Å². The Morgan fingerprint density at radius 2 is 1.54 bits per heavy atom. The number of likely N-dealkylation sites (N-methyl/N-ethyl adjacent to an activating group) is 1. The number of carbonyl (C=O) groups is 1. The molecule has 4 heteroatoms. The number of fused-ring (bicyclic) bond motifs is 1. The van der Waals surface area contributed by atoms with E-state index in [2.05, 4.69) is 31.0 Å². The molecule has 0 spiro atoms. The lowest BCUT2D eigenvalue weighted by Gasteiger charge is -2.58. The van der Waals surface area contributed by atoms with Crippen LogP contribution >= 0.6 is 0 Å². The van der Waals surface area contributed by atoms with Crippen molar-refractivity contribution < 1.29 is 15.0 Å². The molecular weight excluding hydrogens is 458 g/mol. The van der Waals surface area contributed by atoms with Crippen molar-refractivity contribution in [2.75, 3.05) is 13.6 Å². The van der Waals surface area contributed by atoms with Crippen molar-refractivity contribution in [3.8, 4) is 5.75 Å². The molecule has 1 saturated carbocycles. The molecule has 0 amide bonds. The molecule has 210 valence electrons. The Hall–Kier alpha value is -1.55. The third-order valence-electron chi connectivity index (χ3n) is 9.59. The Bertz CT molecular complexity index is 809. The van der Waals surface area contributed by atoms with Gasteiger partial charge in [0.15, 0.2) is 0 Å². The van der Waals surface area contributed by atoms with E-state index >= 15 is 0 Å². The maximum absolute atomic E-state index is 10.3. The number of nitrogens with zero attached hydrogens (tertiary/aromatic N) is 1. The van der Waals surface area contributed by atoms with E-state index in [9.17, 15) is 9.90 Å². The van der Waals surface area contributed by atoms with Crippen molar-refractivity contribution in [2.45, 2.75) is 147 Å². The van der Waals surface area contributed by atoms with Crippen molar-refractivity contribution in [2.24, 2.45) is 5.92 Å². The molecular formula is C33H55NO3. The molecule has 37 heavy (non-hydrogen) atoms. The minimum Gasteiger partial charge on any atom is -0.508 e. The van der Waals surface area contributed by atoms with E-state index in [1.165, 1.54) is 127 Å². The van der Waals surface area contributed by atoms with E-state index in [4.69, 9.17) is 5.11 Å². The maximum atomic E-state index is 10.3. The standard InChI is InChI=1S/C17H23NO.C16H32O2/c1-18-9-8-17-7-3-2-4-14(17)16(18)10-12-5-6-13(19)11-15(12)17;1-2-3-4-5-6-7-8-9-10-11-12-13-14-15-16(17)18/h5-6,11,14,16,19H,2-4,7-10H2,1H3;2-15H2,1H3,(H,17,18)/t14-,16+,17+;/m0./s1. The second kappa shape index (κ2) is 15.8. The third kappa shape index (κ3) is 8.73. The van der Waals surface area contributed by atoms with Gasteiger partial charge in [-0.25, -0.2) is 0 Å². The Morgan fingerprint density at radius 1 is 0.919 bits per heavy atom. The van der Waals surface area contributed by atoms with Gasteiger partial charge in [0.25, 0.3) is 0 Å². The normalized spacial score (nSPS) is 24.5. The lowest BCUT2D eigenvalue weighted by molar-refractivity contribution is -0.137. The molecule has 0 radical (unpaired) electrons. The molecule has 0 unspecified atom stereocenters. The van der Waals surface area contributed by atoms with E-state index in [-0.39, 0.29) is 0 Å². The van der Waals surface area contributed by atoms with Gasteiger partial charge in [-0.05, 0) is 74.9 Å². The van der Waals surface area contributed by atoms with Crippen LogP contribution in [0.25, 0.3) is 0 Å². The van der Waals surface area contributed by atoms with Gasteiger partial charge < -0.3 is 15.1 Å². The average Bonchev–Trinajstić information content (AvgIpc) is 2.89. The summed E-state index contributed by atoms with van der Waals surface area (Å²) in [5, 5.41) is 18.4. The number of aliphatic carboxylic acids is 1. The molecule has 2 aliphatic carbocycles. The van der Waals surface area contributed by atoms with Gasteiger partial charge in [-0.1, -0.05) is 103 Å². The second-order valence-electron chi connectivity index (χ2n) is 12.2. The molecule has 4 rings (SSSR count). The number of hydrogen-bond acceptors (Lipinski definition) is 3. The number of hydrogen-bond donors (Lipinski definition) is 2. The van der Waals surface area contributed by atoms with Crippen LogP contribution in [0, 0.1) is 5.92 Å². The summed E-state index contributed by atoms with van der Waals surface area (Å²) in [6.45, 7) is 3.48. The number of phenolic OH excluding ortho intramolecular Hbond substituents is 1. The fourth-order valence-corrected chi connectivity index (χ4v) is 7.48. The highest BCUT2D eigenvalue weighted by molar-refractivity contribution is 5.66. The van der Waals surface area contributed by atoms with Crippen LogP contribution in [-0.4, -0.2) is 40.7 Å². The summed E-state index contributed by atoms with van der Waals surface area (Å²) in [7, 11) is 2.30. The van der Waals surface area contributed by atoms with E-state index in [0.29, 0.717) is 17.6 Å². The van der Waals surface area contributed by atoms with Gasteiger partial charge in [-0.2, -0.15) is 0 Å². The predicted molar refractivity (Wildman–Crippen MR) is 154 cm³/mol. The zero-order valence-electron chi connectivity index (χ0n) is 24.0. The largest absolute Gasteiger partial charge is 0.508 e. The lowest BCUT2D eigenvalue weighted by Crippen LogP contribution is -2.59. The van der Waals surface area contributed by atoms with Crippen LogP contribution in [-0.2, 0) is 16.6 Å². The number of phenols is 1. The first-order chi connectivity index (χ1) is 18.0. The molecule has 3 atom stereocenters. The number of rotatable bonds is 14. The quantitative estimate of drug-likeness (QED) is 0.244. The summed E-state index contributed by atoms with van der Waals surface area (Å²) in [6.07, 6.45) is 25.2. The molecule has 0 aromatic heterocycles. The fraction of sp³-hybridized carbons (Fsp3) is 0.788. The van der Waals surface area contributed by atoms with Crippen molar-refractivity contribution in [3.63, 3.8) is 0 Å². The van der Waals surface area contributed by atoms with Crippen LogP contribution in [0.4, 0.5) is 0 Å². The number of aromatic hydroxyl groups is 1. The second-order valence-corrected chi connectivity index (χ2v) is 12.2. The van der Waals surface area contributed by atoms with Crippen molar-refractivity contribution in [1.29, 1.82) is 0 Å². The number of carboxylic acid groups (broad SMARTS) is 1. The zero-order valence-corrected chi connectivity index (χ0v) is 24.0. The number of likely N-dealkylation sites (tertiary alicyclic amines) is 1. The van der Waals surface area contributed by atoms with E-state index in [1.807, 2.05) is 6.07 Å². The van der Waals surface area contributed by atoms with Gasteiger partial charge in [0.05, 0.1) is 0 Å². The van der Waals surface area contributed by atoms with Crippen LogP contribution in [0.15, 0.2) is 18.2 Å². The number of carboxylic acids is 1. The molecule has 1 aromatic carbocycles. The molecule has 1 aliphatic heterocycles. The first-order valence-corrected chi connectivity index (χ1v) is 15.7. The summed E-state index contributed by atoms with van der Waals surface area (Å²) in [5.41, 5.74) is 3.36. The third-order valence-corrected chi connectivity index (χ3v) is 9.59. The van der Waals surface area contributed by atoms with E-state index in [1.54, 1.807) is 0 Å². The smallest absolute Gasteiger partial charge is 0.303 e. The molecule has 2 fully saturated rings. The molecule has 2 bridgehead atoms. The number of unbranched alkanes of at least 4 members (excludes halogenated alkanes) is 12. The minimum absolute atomic E-state index is 0.345. The first-order valence-electron chi connectivity index (χ1n) is 15.7. The highest BCUT2D eigenvalue weighted by atomic mass is 16.4. The zero-order chi connectivity index (χ0) is 26.5. The highest BCUT2D eigenvalue weighted by Gasteiger charge is 2.53. The maximum Gasteiger partial charge on any atom is 0.303 e. The van der Waals surface area contributed by atoms with Crippen LogP contribution in [0.5, 0.6) is 5.75 Å². The predicted octanol–water partition coefficient (Wildman–Crippen LogP) is 8.63. The molecule has 1 saturated heterocycles. The SMILES string of the molecule is CCCCCCCCCCCCCCCC(=O)O.CN1CC[C@]23CCCC[C@H]2[C@H]1Cc1ccc(O)cc13. The van der Waals surface area contributed by atoms with Gasteiger partial charge in [0.1, 0.15) is 5.75 Å². The Labute approximate surface area is 227 Å². The Morgan fingerprint density at radius 3 is 2.16 bits per heavy atom. The van der Waals surface area contributed by atoms with Crippen LogP contribution < -0.4 is 0 Å². The summed E-state index contributed by atoms with van der Waals surface area (Å²) >= 11 is 0. The van der Waals surface area contributed by atoms with Gasteiger partial charge in [0, 0.05) is 17.9 Å². The lowest BCUT2D eigenvalue weighted by atomic mass is 9.52. The first kappa shape index (κ1) is 30.0. The summed E-state index contributed by atoms with van der Waals surface area (Å²) in [4.78, 5) is 12.9. The highest BCUT2D eigenvalue weighted by Crippen LogP contribution is 2.55. The van der Waals surface area contributed by atoms with Crippen LogP contribution in [0.3, 0.4) is 0 Å². The van der Waals surface area contributed by atoms with Crippen molar-refractivity contribution >= 4 is 5.97 Å². The van der Waals surface area contributed by atoms with Gasteiger partial charge in [-0.15, -0.1) is 0 Å². The van der Waals surface area contributed by atoms with Gasteiger partial charge >= 0.3 is 5.97 Å². The Balaban J connectivity index is 0.000000206. The number of piperidine rings is 1. The summed E-state index contributed by atoms with van der Waals surface area (Å²) in [6, 6.07) is 6.85. The topological polar surface area (TPSA) is 60.8 Å². The summed E-state index contributed by atoms with van der Waals surface area (Å²) in [5.74, 6) is 0.613. The Kier molecular flexibility index (Phi) is 12.8. The fourth-order valence-electron chi connectivity index (χ4n) is 7.48. The van der Waals surface area contributed by atoms with Gasteiger partial charge in [0.2, 0.25) is 0 Å². The van der Waals surface area contributed by atoms with Crippen LogP contribution in [0.1, 0.15) is 140 Å². The molecule has 1 aromatic rings. The van der Waals surface area contributed by atoms with Crippen molar-refractivity contribution in [3.05, 3.63) is 29.3 Å². The molecule has 3 aliphatic rings. The minimum atomic E-state index is -0.655. The van der Waals surface area contributed by atoms with Crippen LogP contribution in [0.2, 0.25) is 0 Å². The molecule has 4 nitrogen and oxygen atoms in total.